The Morgan fingerprint density at radius 3 is 2.48 bits per heavy atom. The van der Waals surface area contributed by atoms with Crippen LogP contribution in [0.15, 0.2) is 18.2 Å². The Hall–Kier alpha value is -1.80. The van der Waals surface area contributed by atoms with Gasteiger partial charge in [-0.05, 0) is 38.5 Å². The first kappa shape index (κ1) is 21.5. The van der Waals surface area contributed by atoms with Crippen molar-refractivity contribution in [3.63, 3.8) is 0 Å². The zero-order valence-electron chi connectivity index (χ0n) is 15.2. The van der Waals surface area contributed by atoms with Crippen LogP contribution in [0.4, 0.5) is 18.9 Å². The van der Waals surface area contributed by atoms with E-state index in [9.17, 15) is 22.8 Å². The molecule has 1 aromatic carbocycles. The highest BCUT2D eigenvalue weighted by atomic mass is 35.5. The normalized spacial score (nSPS) is 23.4. The molecule has 1 N–H and O–H groups in total. The van der Waals surface area contributed by atoms with Crippen molar-refractivity contribution in [3.8, 4) is 0 Å². The van der Waals surface area contributed by atoms with Crippen molar-refractivity contribution in [2.45, 2.75) is 44.9 Å². The second-order valence-electron chi connectivity index (χ2n) is 6.90. The lowest BCUT2D eigenvalue weighted by Crippen LogP contribution is -2.57. The maximum atomic E-state index is 13.3. The number of amides is 2. The third-order valence-corrected chi connectivity index (χ3v) is 5.17. The van der Waals surface area contributed by atoms with E-state index in [4.69, 9.17) is 0 Å². The molecule has 2 unspecified atom stereocenters. The van der Waals surface area contributed by atoms with Crippen LogP contribution in [0.3, 0.4) is 0 Å². The molecule has 9 heteroatoms. The van der Waals surface area contributed by atoms with E-state index in [1.807, 2.05) is 13.8 Å². The molecule has 2 aliphatic heterocycles. The third-order valence-electron chi connectivity index (χ3n) is 5.17. The fourth-order valence-corrected chi connectivity index (χ4v) is 3.48. The van der Waals surface area contributed by atoms with Gasteiger partial charge in [0.05, 0.1) is 5.56 Å². The van der Waals surface area contributed by atoms with Gasteiger partial charge in [0.15, 0.2) is 0 Å². The molecule has 2 saturated heterocycles. The number of carbonyl (C=O) groups excluding carboxylic acids is 2. The summed E-state index contributed by atoms with van der Waals surface area (Å²) in [5.41, 5.74) is -0.800. The van der Waals surface area contributed by atoms with Crippen LogP contribution in [0.2, 0.25) is 0 Å². The van der Waals surface area contributed by atoms with Gasteiger partial charge in [0.25, 0.3) is 5.91 Å². The van der Waals surface area contributed by atoms with Crippen molar-refractivity contribution in [3.05, 3.63) is 29.3 Å². The molecule has 1 aromatic rings. The zero-order valence-corrected chi connectivity index (χ0v) is 16.0. The summed E-state index contributed by atoms with van der Waals surface area (Å²) in [6, 6.07) is 3.15. The van der Waals surface area contributed by atoms with Gasteiger partial charge in [-0.1, -0.05) is 0 Å². The fraction of sp³-hybridized carbons (Fsp3) is 0.556. The number of halogens is 4. The standard InChI is InChI=1S/C18H22F3N3O2.ClH/c1-11-12(2)23(7-5-22-11)17(26)13-8-14(18(19,20)21)10-15(9-13)24-6-3-4-16(24)25;/h8-12,22H,3-7H2,1-2H3;1H. The SMILES string of the molecule is CC1NCCN(C(=O)c2cc(N3CCCC3=O)cc(C(F)(F)F)c2)C1C.Cl. The first-order valence-corrected chi connectivity index (χ1v) is 8.75. The van der Waals surface area contributed by atoms with E-state index in [2.05, 4.69) is 5.32 Å². The summed E-state index contributed by atoms with van der Waals surface area (Å²) in [5.74, 6) is -0.656. The van der Waals surface area contributed by atoms with Crippen molar-refractivity contribution < 1.29 is 22.8 Å². The van der Waals surface area contributed by atoms with Crippen LogP contribution >= 0.6 is 12.4 Å². The Kier molecular flexibility index (Phi) is 6.42. The first-order valence-electron chi connectivity index (χ1n) is 8.75. The van der Waals surface area contributed by atoms with E-state index < -0.39 is 17.6 Å². The highest BCUT2D eigenvalue weighted by Gasteiger charge is 2.35. The van der Waals surface area contributed by atoms with Gasteiger partial charge in [0, 0.05) is 49.4 Å². The monoisotopic (exact) mass is 405 g/mol. The minimum Gasteiger partial charge on any atom is -0.333 e. The molecule has 27 heavy (non-hydrogen) atoms. The van der Waals surface area contributed by atoms with E-state index in [1.54, 1.807) is 4.90 Å². The maximum absolute atomic E-state index is 13.3. The maximum Gasteiger partial charge on any atom is 0.416 e. The van der Waals surface area contributed by atoms with Gasteiger partial charge in [-0.15, -0.1) is 12.4 Å². The van der Waals surface area contributed by atoms with Gasteiger partial charge in [0.2, 0.25) is 5.91 Å². The average molecular weight is 406 g/mol. The Morgan fingerprint density at radius 1 is 1.19 bits per heavy atom. The number of carbonyl (C=O) groups is 2. The molecular weight excluding hydrogens is 383 g/mol. The first-order chi connectivity index (χ1) is 12.2. The lowest BCUT2D eigenvalue weighted by atomic mass is 10.0. The van der Waals surface area contributed by atoms with Crippen molar-refractivity contribution in [1.29, 1.82) is 0 Å². The largest absolute Gasteiger partial charge is 0.416 e. The Morgan fingerprint density at radius 2 is 1.89 bits per heavy atom. The molecule has 150 valence electrons. The van der Waals surface area contributed by atoms with E-state index in [1.165, 1.54) is 11.0 Å². The molecule has 0 aromatic heterocycles. The van der Waals surface area contributed by atoms with Crippen LogP contribution in [0.1, 0.15) is 42.6 Å². The number of piperazine rings is 1. The van der Waals surface area contributed by atoms with Gasteiger partial charge >= 0.3 is 6.18 Å². The summed E-state index contributed by atoms with van der Waals surface area (Å²) < 4.78 is 40.0. The lowest BCUT2D eigenvalue weighted by molar-refractivity contribution is -0.137. The second kappa shape index (κ2) is 8.06. The van der Waals surface area contributed by atoms with Crippen LogP contribution in [0.5, 0.6) is 0 Å². The Balaban J connectivity index is 0.00000261. The number of nitrogens with zero attached hydrogens (tertiary/aromatic N) is 2. The number of hydrogen-bond acceptors (Lipinski definition) is 3. The second-order valence-corrected chi connectivity index (χ2v) is 6.90. The molecule has 2 fully saturated rings. The fourth-order valence-electron chi connectivity index (χ4n) is 3.48. The molecule has 0 spiro atoms. The predicted octanol–water partition coefficient (Wildman–Crippen LogP) is 3.08. The minimum atomic E-state index is -4.59. The topological polar surface area (TPSA) is 52.7 Å². The van der Waals surface area contributed by atoms with Crippen LogP contribution < -0.4 is 10.2 Å². The molecule has 2 atom stereocenters. The van der Waals surface area contributed by atoms with Gasteiger partial charge in [-0.25, -0.2) is 0 Å². The summed E-state index contributed by atoms with van der Waals surface area (Å²) in [4.78, 5) is 27.8. The van der Waals surface area contributed by atoms with E-state index in [0.717, 1.165) is 12.1 Å². The van der Waals surface area contributed by atoms with Gasteiger partial charge < -0.3 is 15.1 Å². The quantitative estimate of drug-likeness (QED) is 0.822. The van der Waals surface area contributed by atoms with E-state index in [0.29, 0.717) is 32.5 Å². The molecule has 2 aliphatic rings. The van der Waals surface area contributed by atoms with Crippen LogP contribution in [-0.2, 0) is 11.0 Å². The number of nitrogens with one attached hydrogen (secondary N) is 1. The highest BCUT2D eigenvalue weighted by molar-refractivity contribution is 5.99. The molecule has 5 nitrogen and oxygen atoms in total. The Bertz CT molecular complexity index is 726. The summed E-state index contributed by atoms with van der Waals surface area (Å²) >= 11 is 0. The number of rotatable bonds is 2. The van der Waals surface area contributed by atoms with Crippen LogP contribution in [-0.4, -0.2) is 48.4 Å². The van der Waals surface area contributed by atoms with Gasteiger partial charge in [-0.3, -0.25) is 9.59 Å². The summed E-state index contributed by atoms with van der Waals surface area (Å²) in [7, 11) is 0. The van der Waals surface area contributed by atoms with Gasteiger partial charge in [0.1, 0.15) is 0 Å². The number of alkyl halides is 3. The van der Waals surface area contributed by atoms with E-state index >= 15 is 0 Å². The molecule has 0 bridgehead atoms. The van der Waals surface area contributed by atoms with Crippen LogP contribution in [0.25, 0.3) is 0 Å². The minimum absolute atomic E-state index is 0. The van der Waals surface area contributed by atoms with Crippen molar-refractivity contribution in [1.82, 2.24) is 10.2 Å². The molecule has 0 aliphatic carbocycles. The number of benzene rings is 1. The Labute approximate surface area is 162 Å². The zero-order chi connectivity index (χ0) is 19.1. The average Bonchev–Trinajstić information content (AvgIpc) is 3.01. The molecule has 3 rings (SSSR count). The predicted molar refractivity (Wildman–Crippen MR) is 98.2 cm³/mol. The summed E-state index contributed by atoms with van der Waals surface area (Å²) in [6.07, 6.45) is -3.67. The van der Waals surface area contributed by atoms with Crippen molar-refractivity contribution >= 4 is 29.9 Å². The molecular formula is C18H23ClF3N3O2. The number of anilines is 1. The molecule has 0 saturated carbocycles. The lowest BCUT2D eigenvalue weighted by Gasteiger charge is -2.38. The van der Waals surface area contributed by atoms with Crippen molar-refractivity contribution in [2.24, 2.45) is 0 Å². The van der Waals surface area contributed by atoms with Crippen molar-refractivity contribution in [2.75, 3.05) is 24.5 Å². The smallest absolute Gasteiger partial charge is 0.333 e. The van der Waals surface area contributed by atoms with Gasteiger partial charge in [-0.2, -0.15) is 13.2 Å². The van der Waals surface area contributed by atoms with E-state index in [-0.39, 0.29) is 41.6 Å². The summed E-state index contributed by atoms with van der Waals surface area (Å²) in [5, 5.41) is 3.24. The highest BCUT2D eigenvalue weighted by Crippen LogP contribution is 2.34. The molecule has 2 amide bonds. The summed E-state index contributed by atoms with van der Waals surface area (Å²) in [6.45, 7) is 5.19. The molecule has 0 radical (unpaired) electrons. The number of hydrogen-bond donors (Lipinski definition) is 1. The molecule has 2 heterocycles. The third kappa shape index (κ3) is 4.38. The van der Waals surface area contributed by atoms with Crippen LogP contribution in [0, 0.1) is 0 Å².